The fourth-order valence-electron chi connectivity index (χ4n) is 2.84. The van der Waals surface area contributed by atoms with E-state index in [1.165, 1.54) is 0 Å². The highest BCUT2D eigenvalue weighted by atomic mass is 127. The van der Waals surface area contributed by atoms with Crippen LogP contribution >= 0.6 is 24.0 Å². The zero-order valence-corrected chi connectivity index (χ0v) is 16.8. The molecule has 1 amide bonds. The van der Waals surface area contributed by atoms with Gasteiger partial charge in [-0.2, -0.15) is 0 Å². The molecule has 2 aliphatic rings. The van der Waals surface area contributed by atoms with E-state index in [1.807, 2.05) is 0 Å². The molecule has 0 spiro atoms. The van der Waals surface area contributed by atoms with Crippen LogP contribution < -0.4 is 10.6 Å². The van der Waals surface area contributed by atoms with Gasteiger partial charge in [0.25, 0.3) is 0 Å². The Bertz CT molecular complexity index is 405. The first-order valence-electron chi connectivity index (χ1n) is 8.19. The van der Waals surface area contributed by atoms with E-state index >= 15 is 0 Å². The number of carbonyl (C=O) groups excluding carboxylic acids is 1. The second kappa shape index (κ2) is 11.8. The van der Waals surface area contributed by atoms with Crippen molar-refractivity contribution in [2.45, 2.75) is 25.0 Å². The number of morpholine rings is 1. The van der Waals surface area contributed by atoms with Gasteiger partial charge in [-0.15, -0.1) is 24.0 Å². The molecule has 0 aromatic heterocycles. The van der Waals surface area contributed by atoms with Crippen LogP contribution in [0, 0.1) is 0 Å². The minimum atomic E-state index is -0.0767. The van der Waals surface area contributed by atoms with Crippen molar-refractivity contribution in [3.8, 4) is 0 Å². The average molecular weight is 456 g/mol. The standard InChI is InChI=1S/C15H28N4O4.HI/c1-16-15(18-10-14(20)17-5-8-21-2)19-6-9-23-13(11-19)12-4-3-7-22-12;/h12-13H,3-11H2,1-2H3,(H,16,18)(H,17,20);1H. The summed E-state index contributed by atoms with van der Waals surface area (Å²) in [5.41, 5.74) is 0. The third-order valence-corrected chi connectivity index (χ3v) is 4.02. The number of hydrogen-bond acceptors (Lipinski definition) is 5. The molecule has 0 saturated carbocycles. The predicted molar refractivity (Wildman–Crippen MR) is 102 cm³/mol. The minimum absolute atomic E-state index is 0. The second-order valence-electron chi connectivity index (χ2n) is 5.65. The molecule has 2 unspecified atom stereocenters. The third-order valence-electron chi connectivity index (χ3n) is 4.02. The van der Waals surface area contributed by atoms with Crippen LogP contribution in [-0.4, -0.2) is 89.1 Å². The van der Waals surface area contributed by atoms with Crippen LogP contribution in [0.25, 0.3) is 0 Å². The Kier molecular flexibility index (Phi) is 10.5. The van der Waals surface area contributed by atoms with Gasteiger partial charge in [-0.25, -0.2) is 0 Å². The zero-order valence-electron chi connectivity index (χ0n) is 14.5. The number of halogens is 1. The molecule has 9 heteroatoms. The highest BCUT2D eigenvalue weighted by Crippen LogP contribution is 2.20. The molecule has 2 heterocycles. The largest absolute Gasteiger partial charge is 0.383 e. The van der Waals surface area contributed by atoms with E-state index in [0.717, 1.165) is 38.5 Å². The van der Waals surface area contributed by atoms with Crippen molar-refractivity contribution < 1.29 is 19.0 Å². The van der Waals surface area contributed by atoms with E-state index in [4.69, 9.17) is 14.2 Å². The number of ether oxygens (including phenoxy) is 3. The van der Waals surface area contributed by atoms with Gasteiger partial charge < -0.3 is 29.7 Å². The van der Waals surface area contributed by atoms with E-state index in [-0.39, 0.29) is 48.6 Å². The Morgan fingerprint density at radius 1 is 1.29 bits per heavy atom. The Morgan fingerprint density at radius 2 is 2.08 bits per heavy atom. The number of rotatable bonds is 6. The molecule has 0 radical (unpaired) electrons. The Balaban J connectivity index is 0.00000288. The van der Waals surface area contributed by atoms with Crippen LogP contribution in [0.3, 0.4) is 0 Å². The maximum atomic E-state index is 11.7. The summed E-state index contributed by atoms with van der Waals surface area (Å²) in [5, 5.41) is 5.88. The normalized spacial score (nSPS) is 24.4. The highest BCUT2D eigenvalue weighted by Gasteiger charge is 2.32. The van der Waals surface area contributed by atoms with Gasteiger partial charge in [0.15, 0.2) is 5.96 Å². The molecule has 8 nitrogen and oxygen atoms in total. The van der Waals surface area contributed by atoms with Crippen molar-refractivity contribution in [3.63, 3.8) is 0 Å². The van der Waals surface area contributed by atoms with Crippen molar-refractivity contribution in [3.05, 3.63) is 0 Å². The van der Waals surface area contributed by atoms with E-state index in [0.29, 0.717) is 19.8 Å². The number of guanidine groups is 1. The Labute approximate surface area is 160 Å². The van der Waals surface area contributed by atoms with Gasteiger partial charge in [0.05, 0.1) is 25.9 Å². The zero-order chi connectivity index (χ0) is 16.5. The van der Waals surface area contributed by atoms with Crippen LogP contribution in [0.4, 0.5) is 0 Å². The molecule has 0 aromatic rings. The molecule has 0 bridgehead atoms. The SMILES string of the molecule is CN=C(NCC(=O)NCCOC)N1CCOC(C2CCCO2)C1.I. The summed E-state index contributed by atoms with van der Waals surface area (Å²) in [4.78, 5) is 18.1. The van der Waals surface area contributed by atoms with Crippen molar-refractivity contribution in [1.29, 1.82) is 0 Å². The van der Waals surface area contributed by atoms with Crippen molar-refractivity contribution in [2.75, 3.05) is 60.2 Å². The lowest BCUT2D eigenvalue weighted by Crippen LogP contribution is -2.54. The molecule has 2 N–H and O–H groups in total. The number of amides is 1. The maximum Gasteiger partial charge on any atom is 0.239 e. The summed E-state index contributed by atoms with van der Waals surface area (Å²) in [7, 11) is 3.33. The first-order valence-corrected chi connectivity index (χ1v) is 8.19. The van der Waals surface area contributed by atoms with Crippen LogP contribution in [0.15, 0.2) is 4.99 Å². The number of hydrogen-bond donors (Lipinski definition) is 2. The van der Waals surface area contributed by atoms with Crippen molar-refractivity contribution in [1.82, 2.24) is 15.5 Å². The van der Waals surface area contributed by atoms with Gasteiger partial charge in [-0.05, 0) is 12.8 Å². The maximum absolute atomic E-state index is 11.7. The average Bonchev–Trinajstić information content (AvgIpc) is 3.10. The molecule has 140 valence electrons. The summed E-state index contributed by atoms with van der Waals surface area (Å²) in [6.07, 6.45) is 2.39. The lowest BCUT2D eigenvalue weighted by molar-refractivity contribution is -0.120. The quantitative estimate of drug-likeness (QED) is 0.250. The summed E-state index contributed by atoms with van der Waals surface area (Å²) in [6.45, 7) is 4.16. The molecule has 0 aromatic carbocycles. The molecule has 2 atom stereocenters. The Hall–Kier alpha value is -0.650. The predicted octanol–water partition coefficient (Wildman–Crippen LogP) is -0.178. The fraction of sp³-hybridized carbons (Fsp3) is 0.867. The van der Waals surface area contributed by atoms with Gasteiger partial charge in [0, 0.05) is 40.4 Å². The first-order chi connectivity index (χ1) is 11.2. The molecule has 24 heavy (non-hydrogen) atoms. The molecule has 2 saturated heterocycles. The van der Waals surface area contributed by atoms with E-state index in [2.05, 4.69) is 20.5 Å². The van der Waals surface area contributed by atoms with Crippen molar-refractivity contribution >= 4 is 35.8 Å². The van der Waals surface area contributed by atoms with Crippen LogP contribution in [0.5, 0.6) is 0 Å². The van der Waals surface area contributed by atoms with Gasteiger partial charge in [-0.1, -0.05) is 0 Å². The van der Waals surface area contributed by atoms with Crippen LogP contribution in [0.1, 0.15) is 12.8 Å². The van der Waals surface area contributed by atoms with Gasteiger partial charge in [-0.3, -0.25) is 9.79 Å². The van der Waals surface area contributed by atoms with Crippen molar-refractivity contribution in [2.24, 2.45) is 4.99 Å². The lowest BCUT2D eigenvalue weighted by atomic mass is 10.1. The number of carbonyl (C=O) groups is 1. The lowest BCUT2D eigenvalue weighted by Gasteiger charge is -2.37. The molecule has 2 rings (SSSR count). The number of nitrogens with one attached hydrogen (secondary N) is 2. The number of nitrogens with zero attached hydrogens (tertiary/aromatic N) is 2. The highest BCUT2D eigenvalue weighted by molar-refractivity contribution is 14.0. The van der Waals surface area contributed by atoms with E-state index in [1.54, 1.807) is 14.2 Å². The van der Waals surface area contributed by atoms with Gasteiger partial charge in [0.2, 0.25) is 5.91 Å². The molecule has 2 aliphatic heterocycles. The first kappa shape index (κ1) is 21.4. The monoisotopic (exact) mass is 456 g/mol. The van der Waals surface area contributed by atoms with Gasteiger partial charge >= 0.3 is 0 Å². The Morgan fingerprint density at radius 3 is 2.75 bits per heavy atom. The number of methoxy groups -OCH3 is 1. The minimum Gasteiger partial charge on any atom is -0.383 e. The van der Waals surface area contributed by atoms with Gasteiger partial charge in [0.1, 0.15) is 6.10 Å². The third kappa shape index (κ3) is 6.69. The topological polar surface area (TPSA) is 84.4 Å². The van der Waals surface area contributed by atoms with Crippen LogP contribution in [0.2, 0.25) is 0 Å². The summed E-state index contributed by atoms with van der Waals surface area (Å²) in [6, 6.07) is 0. The number of aliphatic imine (C=N–C) groups is 1. The summed E-state index contributed by atoms with van der Waals surface area (Å²) in [5.74, 6) is 0.644. The van der Waals surface area contributed by atoms with E-state index < -0.39 is 0 Å². The molecule has 0 aliphatic carbocycles. The summed E-state index contributed by atoms with van der Waals surface area (Å²) < 4.78 is 16.5. The summed E-state index contributed by atoms with van der Waals surface area (Å²) >= 11 is 0. The smallest absolute Gasteiger partial charge is 0.239 e. The van der Waals surface area contributed by atoms with Crippen LogP contribution in [-0.2, 0) is 19.0 Å². The molecular formula is C15H29IN4O4. The fourth-order valence-corrected chi connectivity index (χ4v) is 2.84. The van der Waals surface area contributed by atoms with E-state index in [9.17, 15) is 4.79 Å². The molecular weight excluding hydrogens is 427 g/mol. The molecule has 2 fully saturated rings. The second-order valence-corrected chi connectivity index (χ2v) is 5.65.